The van der Waals surface area contributed by atoms with Gasteiger partial charge in [0.2, 0.25) is 0 Å². The number of allylic oxidation sites excluding steroid dienone is 1. The van der Waals surface area contributed by atoms with Crippen LogP contribution in [0.4, 0.5) is 0 Å². The van der Waals surface area contributed by atoms with Crippen LogP contribution >= 0.6 is 11.3 Å². The molecule has 2 heterocycles. The standard InChI is InChI=1S/C29H25N3O7S/c1-15(2)39-29(36)23-22(17-9-11-19(12-10-17)28(35)38-4)20(14-30)24(31)32-25(33)21(40-26(23)32)13-16-5-7-18(8-6-16)27(34)37-3/h5-13,15,22H,31H2,1-4H3/b21-13-/t22-/m0/s1. The van der Waals surface area contributed by atoms with Gasteiger partial charge in [-0.1, -0.05) is 24.3 Å². The molecule has 1 aromatic heterocycles. The predicted octanol–water partition coefficient (Wildman–Crippen LogP) is 1.86. The maximum absolute atomic E-state index is 13.5. The summed E-state index contributed by atoms with van der Waals surface area (Å²) in [5.74, 6) is -2.80. The van der Waals surface area contributed by atoms with Crippen LogP contribution in [0.2, 0.25) is 0 Å². The van der Waals surface area contributed by atoms with E-state index in [-0.39, 0.29) is 31.7 Å². The molecule has 0 saturated carbocycles. The molecule has 1 aliphatic rings. The van der Waals surface area contributed by atoms with Gasteiger partial charge in [0.25, 0.3) is 5.56 Å². The van der Waals surface area contributed by atoms with E-state index in [1.807, 2.05) is 0 Å². The van der Waals surface area contributed by atoms with Gasteiger partial charge >= 0.3 is 17.9 Å². The lowest BCUT2D eigenvalue weighted by Crippen LogP contribution is -2.40. The van der Waals surface area contributed by atoms with E-state index in [0.29, 0.717) is 16.7 Å². The quantitative estimate of drug-likeness (QED) is 0.352. The van der Waals surface area contributed by atoms with Crippen molar-refractivity contribution >= 4 is 46.7 Å². The normalized spacial score (nSPS) is 14.9. The highest BCUT2D eigenvalue weighted by atomic mass is 32.1. The molecular weight excluding hydrogens is 534 g/mol. The van der Waals surface area contributed by atoms with E-state index in [0.717, 1.165) is 15.9 Å². The van der Waals surface area contributed by atoms with Crippen LogP contribution < -0.4 is 20.5 Å². The molecule has 10 nitrogen and oxygen atoms in total. The summed E-state index contributed by atoms with van der Waals surface area (Å²) in [5.41, 5.74) is 7.69. The first-order valence-corrected chi connectivity index (χ1v) is 12.9. The highest BCUT2D eigenvalue weighted by Crippen LogP contribution is 2.37. The molecule has 0 aliphatic carbocycles. The minimum atomic E-state index is -0.951. The van der Waals surface area contributed by atoms with Crippen molar-refractivity contribution in [3.05, 3.63) is 95.9 Å². The fraction of sp³-hybridized carbons (Fsp3) is 0.207. The summed E-state index contributed by atoms with van der Waals surface area (Å²) in [4.78, 5) is 50.7. The van der Waals surface area contributed by atoms with Gasteiger partial charge < -0.3 is 19.9 Å². The van der Waals surface area contributed by atoms with Gasteiger partial charge in [-0.25, -0.2) is 14.4 Å². The number of esters is 3. The van der Waals surface area contributed by atoms with E-state index in [1.54, 1.807) is 56.3 Å². The maximum Gasteiger partial charge on any atom is 0.338 e. The topological polar surface area (TPSA) is 151 Å². The Morgan fingerprint density at radius 1 is 0.975 bits per heavy atom. The van der Waals surface area contributed by atoms with Crippen molar-refractivity contribution in [1.82, 2.24) is 4.57 Å². The lowest BCUT2D eigenvalue weighted by atomic mass is 9.83. The Morgan fingerprint density at radius 3 is 2.02 bits per heavy atom. The molecule has 0 saturated heterocycles. The second kappa shape index (κ2) is 11.4. The Bertz CT molecular complexity index is 1760. The summed E-state index contributed by atoms with van der Waals surface area (Å²) in [6.45, 7) is 3.38. The molecular formula is C29H25N3O7S. The number of nitriles is 1. The first-order chi connectivity index (χ1) is 19.1. The molecule has 1 aliphatic heterocycles. The summed E-state index contributed by atoms with van der Waals surface area (Å²) in [7, 11) is 2.55. The zero-order chi connectivity index (χ0) is 29.1. The Labute approximate surface area is 232 Å². The number of thiazole rings is 1. The first-order valence-electron chi connectivity index (χ1n) is 12.1. The van der Waals surface area contributed by atoms with E-state index < -0.39 is 35.5 Å². The van der Waals surface area contributed by atoms with Crippen LogP contribution in [0.25, 0.3) is 17.5 Å². The van der Waals surface area contributed by atoms with Gasteiger partial charge in [-0.05, 0) is 55.3 Å². The number of carbonyl (C=O) groups excluding carboxylic acids is 3. The summed E-state index contributed by atoms with van der Waals surface area (Å²) in [5, 5.41) is 10.1. The molecule has 0 amide bonds. The SMILES string of the molecule is COC(=O)c1ccc(/C=c2\sc3n(c2=O)C(N)=C(C#N)[C@H](c2ccc(C(=O)OC)cc2)C=3C(=O)OC(C)C)cc1. The molecule has 1 atom stereocenters. The Balaban J connectivity index is 1.98. The number of ether oxygens (including phenoxy) is 3. The third kappa shape index (κ3) is 5.17. The number of benzene rings is 2. The molecule has 3 aromatic rings. The van der Waals surface area contributed by atoms with Gasteiger partial charge in [0.1, 0.15) is 10.5 Å². The molecule has 0 bridgehead atoms. The Morgan fingerprint density at radius 2 is 1.52 bits per heavy atom. The summed E-state index contributed by atoms with van der Waals surface area (Å²) in [6.07, 6.45) is 1.13. The summed E-state index contributed by atoms with van der Waals surface area (Å²) in [6, 6.07) is 14.7. The molecule has 40 heavy (non-hydrogen) atoms. The molecule has 204 valence electrons. The number of nitrogens with two attached hydrogens (primary N) is 1. The van der Waals surface area contributed by atoms with Crippen molar-refractivity contribution < 1.29 is 28.6 Å². The zero-order valence-corrected chi connectivity index (χ0v) is 22.9. The van der Waals surface area contributed by atoms with Gasteiger partial charge in [0.05, 0.1) is 59.1 Å². The number of rotatable bonds is 6. The first kappa shape index (κ1) is 28.1. The van der Waals surface area contributed by atoms with Gasteiger partial charge in [-0.2, -0.15) is 5.26 Å². The smallest absolute Gasteiger partial charge is 0.338 e. The number of aromatic nitrogens is 1. The number of carbonyl (C=O) groups is 3. The molecule has 11 heteroatoms. The minimum Gasteiger partial charge on any atom is -0.465 e. The molecule has 4 rings (SSSR count). The second-order valence-corrected chi connectivity index (χ2v) is 10.0. The zero-order valence-electron chi connectivity index (χ0n) is 22.1. The van der Waals surface area contributed by atoms with Crippen molar-refractivity contribution in [2.75, 3.05) is 14.2 Å². The fourth-order valence-corrected chi connectivity index (χ4v) is 5.44. The number of fused-ring (bicyclic) bond motifs is 1. The van der Waals surface area contributed by atoms with Gasteiger partial charge in [0, 0.05) is 0 Å². The molecule has 2 N–H and O–H groups in total. The summed E-state index contributed by atoms with van der Waals surface area (Å²) >= 11 is 1.03. The van der Waals surface area contributed by atoms with Gasteiger partial charge in [-0.15, -0.1) is 11.3 Å². The van der Waals surface area contributed by atoms with Crippen LogP contribution in [-0.2, 0) is 19.0 Å². The highest BCUT2D eigenvalue weighted by molar-refractivity contribution is 7.07. The van der Waals surface area contributed by atoms with Crippen molar-refractivity contribution in [2.24, 2.45) is 5.73 Å². The molecule has 0 spiro atoms. The summed E-state index contributed by atoms with van der Waals surface area (Å²) < 4.78 is 16.6. The molecule has 2 aromatic carbocycles. The third-order valence-electron chi connectivity index (χ3n) is 6.13. The minimum absolute atomic E-state index is 0.0112. The van der Waals surface area contributed by atoms with E-state index >= 15 is 0 Å². The van der Waals surface area contributed by atoms with E-state index in [9.17, 15) is 24.4 Å². The van der Waals surface area contributed by atoms with Crippen LogP contribution in [-0.4, -0.2) is 42.8 Å². The number of methoxy groups -OCH3 is 2. The van der Waals surface area contributed by atoms with Gasteiger partial charge in [0.15, 0.2) is 0 Å². The lowest BCUT2D eigenvalue weighted by Gasteiger charge is -2.25. The Hall–Kier alpha value is -4.95. The second-order valence-electron chi connectivity index (χ2n) is 9.00. The van der Waals surface area contributed by atoms with E-state index in [4.69, 9.17) is 19.9 Å². The Kier molecular flexibility index (Phi) is 8.02. The average Bonchev–Trinajstić information content (AvgIpc) is 3.27. The monoisotopic (exact) mass is 559 g/mol. The van der Waals surface area contributed by atoms with Crippen LogP contribution in [0.3, 0.4) is 0 Å². The molecule has 0 radical (unpaired) electrons. The largest absolute Gasteiger partial charge is 0.465 e. The van der Waals surface area contributed by atoms with Crippen LogP contribution in [0.1, 0.15) is 51.6 Å². The van der Waals surface area contributed by atoms with Crippen LogP contribution in [0.15, 0.2) is 58.9 Å². The van der Waals surface area contributed by atoms with Gasteiger partial charge in [-0.3, -0.25) is 9.36 Å². The van der Waals surface area contributed by atoms with E-state index in [1.165, 1.54) is 26.4 Å². The van der Waals surface area contributed by atoms with Crippen molar-refractivity contribution in [1.29, 1.82) is 5.26 Å². The fourth-order valence-electron chi connectivity index (χ4n) is 4.27. The number of hydrogen-bond acceptors (Lipinski definition) is 10. The lowest BCUT2D eigenvalue weighted by molar-refractivity contribution is -0.140. The van der Waals surface area contributed by atoms with Crippen LogP contribution in [0.5, 0.6) is 0 Å². The van der Waals surface area contributed by atoms with Crippen molar-refractivity contribution in [2.45, 2.75) is 25.9 Å². The van der Waals surface area contributed by atoms with Crippen molar-refractivity contribution in [3.8, 4) is 6.07 Å². The number of hydrogen-bond donors (Lipinski definition) is 1. The van der Waals surface area contributed by atoms with Crippen molar-refractivity contribution in [3.63, 3.8) is 0 Å². The molecule has 0 fully saturated rings. The maximum atomic E-state index is 13.5. The average molecular weight is 560 g/mol. The van der Waals surface area contributed by atoms with E-state index in [2.05, 4.69) is 6.07 Å². The highest BCUT2D eigenvalue weighted by Gasteiger charge is 2.36. The van der Waals surface area contributed by atoms with Crippen LogP contribution in [0, 0.1) is 11.3 Å². The molecule has 0 unspecified atom stereocenters. The number of nitrogens with zero attached hydrogens (tertiary/aromatic N) is 2. The predicted molar refractivity (Wildman–Crippen MR) is 147 cm³/mol. The third-order valence-corrected chi connectivity index (χ3v) is 7.23.